The number of urea groups is 1. The molecule has 1 aromatic heterocycles. The highest BCUT2D eigenvalue weighted by Gasteiger charge is 2.25. The van der Waals surface area contributed by atoms with Crippen LogP contribution < -0.4 is 16.4 Å². The van der Waals surface area contributed by atoms with Gasteiger partial charge in [0.1, 0.15) is 11.9 Å². The van der Waals surface area contributed by atoms with Crippen molar-refractivity contribution in [1.29, 1.82) is 0 Å². The van der Waals surface area contributed by atoms with Crippen LogP contribution in [0.4, 0.5) is 10.6 Å². The Morgan fingerprint density at radius 1 is 1.42 bits per heavy atom. The Bertz CT molecular complexity index is 585. The molecule has 0 bridgehead atoms. The lowest BCUT2D eigenvalue weighted by atomic mass is 10.2. The number of pyridine rings is 1. The number of nitrogens with zero attached hydrogens (tertiary/aromatic N) is 1. The number of thioether (sulfide) groups is 1. The van der Waals surface area contributed by atoms with Crippen molar-refractivity contribution in [1.82, 2.24) is 10.3 Å². The minimum absolute atomic E-state index is 0.279. The molecule has 10 heteroatoms. The molecule has 0 radical (unpaired) electrons. The number of primary amides is 1. The van der Waals surface area contributed by atoms with Crippen LogP contribution in [0, 0.1) is 0 Å². The molecule has 4 N–H and O–H groups in total. The smallest absolute Gasteiger partial charge is 0.329 e. The fourth-order valence-electron chi connectivity index (χ4n) is 1.64. The summed E-state index contributed by atoms with van der Waals surface area (Å²) in [4.78, 5) is 39.0. The van der Waals surface area contributed by atoms with Crippen LogP contribution in [0.1, 0.15) is 13.3 Å². The first kappa shape index (κ1) is 20.0. The van der Waals surface area contributed by atoms with Gasteiger partial charge in [0.25, 0.3) is 5.91 Å². The fraction of sp³-hybridized carbons (Fsp3) is 0.429. The summed E-state index contributed by atoms with van der Waals surface area (Å²) in [5.41, 5.74) is 5.04. The van der Waals surface area contributed by atoms with Gasteiger partial charge in [-0.25, -0.2) is 14.6 Å². The van der Waals surface area contributed by atoms with E-state index in [0.29, 0.717) is 17.2 Å². The number of ether oxygens (including phenoxy) is 1. The van der Waals surface area contributed by atoms with Crippen LogP contribution in [0.5, 0.6) is 0 Å². The number of nitrogens with one attached hydrogen (secondary N) is 2. The molecule has 0 fully saturated rings. The summed E-state index contributed by atoms with van der Waals surface area (Å²) in [6.07, 6.45) is 2.52. The van der Waals surface area contributed by atoms with Gasteiger partial charge >= 0.3 is 12.0 Å². The normalized spacial score (nSPS) is 12.8. The van der Waals surface area contributed by atoms with Crippen molar-refractivity contribution in [2.75, 3.05) is 17.3 Å². The van der Waals surface area contributed by atoms with Crippen LogP contribution in [0.3, 0.4) is 0 Å². The Balaban J connectivity index is 2.60. The van der Waals surface area contributed by atoms with Gasteiger partial charge in [-0.1, -0.05) is 11.6 Å². The molecule has 1 rings (SSSR count). The molecule has 0 aliphatic heterocycles. The predicted octanol–water partition coefficient (Wildman–Crippen LogP) is 1.40. The van der Waals surface area contributed by atoms with Crippen LogP contribution in [0.2, 0.25) is 5.02 Å². The van der Waals surface area contributed by atoms with Crippen molar-refractivity contribution in [3.05, 3.63) is 23.4 Å². The molecule has 0 aliphatic rings. The lowest BCUT2D eigenvalue weighted by molar-refractivity contribution is -0.155. The van der Waals surface area contributed by atoms with Gasteiger partial charge in [0.2, 0.25) is 0 Å². The van der Waals surface area contributed by atoms with Crippen LogP contribution in [0.15, 0.2) is 18.3 Å². The van der Waals surface area contributed by atoms with Gasteiger partial charge < -0.3 is 21.1 Å². The number of hydrogen-bond acceptors (Lipinski definition) is 6. The van der Waals surface area contributed by atoms with Crippen molar-refractivity contribution in [3.63, 3.8) is 0 Å². The van der Waals surface area contributed by atoms with Crippen molar-refractivity contribution in [2.24, 2.45) is 5.73 Å². The van der Waals surface area contributed by atoms with Gasteiger partial charge in [-0.3, -0.25) is 4.79 Å². The zero-order chi connectivity index (χ0) is 18.1. The number of anilines is 1. The first-order valence-corrected chi connectivity index (χ1v) is 8.78. The molecule has 0 saturated carbocycles. The van der Waals surface area contributed by atoms with E-state index in [1.54, 1.807) is 6.07 Å². The van der Waals surface area contributed by atoms with Crippen molar-refractivity contribution < 1.29 is 19.1 Å². The minimum Gasteiger partial charge on any atom is -0.451 e. The molecule has 0 spiro atoms. The average molecular weight is 375 g/mol. The molecule has 8 nitrogen and oxygen atoms in total. The number of carbonyl (C=O) groups is 3. The summed E-state index contributed by atoms with van der Waals surface area (Å²) in [6.45, 7) is 1.42. The number of esters is 1. The molecule has 0 saturated heterocycles. The van der Waals surface area contributed by atoms with E-state index in [4.69, 9.17) is 22.1 Å². The Hall–Kier alpha value is -2.00. The second-order valence-corrected chi connectivity index (χ2v) is 6.19. The summed E-state index contributed by atoms with van der Waals surface area (Å²) >= 11 is 7.21. The molecular weight excluding hydrogens is 356 g/mol. The maximum absolute atomic E-state index is 12.1. The fourth-order valence-corrected chi connectivity index (χ4v) is 2.23. The van der Waals surface area contributed by atoms with E-state index in [2.05, 4.69) is 15.6 Å². The van der Waals surface area contributed by atoms with Gasteiger partial charge in [-0.2, -0.15) is 11.8 Å². The second-order valence-electron chi connectivity index (χ2n) is 4.77. The Morgan fingerprint density at radius 2 is 2.12 bits per heavy atom. The van der Waals surface area contributed by atoms with Gasteiger partial charge in [0.05, 0.1) is 5.02 Å². The maximum atomic E-state index is 12.1. The van der Waals surface area contributed by atoms with E-state index >= 15 is 0 Å². The van der Waals surface area contributed by atoms with Gasteiger partial charge in [0, 0.05) is 6.20 Å². The first-order chi connectivity index (χ1) is 11.3. The molecule has 24 heavy (non-hydrogen) atoms. The number of halogens is 1. The highest BCUT2D eigenvalue weighted by Crippen LogP contribution is 2.11. The average Bonchev–Trinajstić information content (AvgIpc) is 2.53. The number of aromatic nitrogens is 1. The monoisotopic (exact) mass is 374 g/mol. The number of carbonyl (C=O) groups excluding carboxylic acids is 3. The van der Waals surface area contributed by atoms with Crippen LogP contribution >= 0.6 is 23.4 Å². The molecule has 1 aromatic rings. The lowest BCUT2D eigenvalue weighted by Gasteiger charge is -2.19. The third kappa shape index (κ3) is 7.05. The van der Waals surface area contributed by atoms with E-state index in [0.717, 1.165) is 0 Å². The number of rotatable bonds is 8. The Kier molecular flexibility index (Phi) is 8.34. The summed E-state index contributed by atoms with van der Waals surface area (Å²) in [5, 5.41) is 5.23. The number of nitrogens with two attached hydrogens (primary N) is 1. The molecule has 0 aromatic carbocycles. The van der Waals surface area contributed by atoms with Crippen molar-refractivity contribution in [2.45, 2.75) is 25.5 Å². The van der Waals surface area contributed by atoms with E-state index in [1.807, 2.05) is 6.26 Å². The quantitative estimate of drug-likeness (QED) is 0.591. The SMILES string of the molecule is CSCC[C@@H](NC(N)=O)C(=O)O[C@@H](C)C(=O)Nc1ccc(Cl)cn1. The van der Waals surface area contributed by atoms with Crippen molar-refractivity contribution in [3.8, 4) is 0 Å². The van der Waals surface area contributed by atoms with Crippen LogP contribution in [-0.4, -0.2) is 47.0 Å². The van der Waals surface area contributed by atoms with Crippen LogP contribution in [-0.2, 0) is 14.3 Å². The van der Waals surface area contributed by atoms with Crippen molar-refractivity contribution >= 4 is 47.1 Å². The Morgan fingerprint density at radius 3 is 2.67 bits per heavy atom. The summed E-state index contributed by atoms with van der Waals surface area (Å²) in [7, 11) is 0. The third-order valence-corrected chi connectivity index (χ3v) is 3.72. The lowest BCUT2D eigenvalue weighted by Crippen LogP contribution is -2.46. The second kappa shape index (κ2) is 9.99. The first-order valence-electron chi connectivity index (χ1n) is 7.01. The van der Waals surface area contributed by atoms with E-state index in [9.17, 15) is 14.4 Å². The molecule has 2 atom stereocenters. The highest BCUT2D eigenvalue weighted by atomic mass is 35.5. The molecule has 0 unspecified atom stereocenters. The summed E-state index contributed by atoms with van der Waals surface area (Å²) < 4.78 is 5.08. The van der Waals surface area contributed by atoms with Gasteiger partial charge in [-0.15, -0.1) is 0 Å². The standard InChI is InChI=1S/C14H19ClN4O4S/c1-8(12(20)19-11-4-3-9(15)7-17-11)23-13(21)10(5-6-24-2)18-14(16)22/h3-4,7-8,10H,5-6H2,1-2H3,(H3,16,18,22)(H,17,19,20)/t8-,10+/m0/s1. The minimum atomic E-state index is -1.07. The van der Waals surface area contributed by atoms with Crippen LogP contribution in [0.25, 0.3) is 0 Å². The Labute approximate surface area is 148 Å². The zero-order valence-electron chi connectivity index (χ0n) is 13.2. The molecule has 132 valence electrons. The summed E-state index contributed by atoms with van der Waals surface area (Å²) in [5.74, 6) is -0.382. The third-order valence-electron chi connectivity index (χ3n) is 2.85. The van der Waals surface area contributed by atoms with E-state index in [-0.39, 0.29) is 5.82 Å². The van der Waals surface area contributed by atoms with E-state index < -0.39 is 30.1 Å². The number of hydrogen-bond donors (Lipinski definition) is 3. The topological polar surface area (TPSA) is 123 Å². The highest BCUT2D eigenvalue weighted by molar-refractivity contribution is 7.98. The largest absolute Gasteiger partial charge is 0.451 e. The summed E-state index contributed by atoms with van der Waals surface area (Å²) in [6, 6.07) is 1.35. The molecule has 1 heterocycles. The predicted molar refractivity (Wildman–Crippen MR) is 92.9 cm³/mol. The van der Waals surface area contributed by atoms with E-state index in [1.165, 1.54) is 30.9 Å². The zero-order valence-corrected chi connectivity index (χ0v) is 14.8. The molecule has 3 amide bonds. The number of amides is 3. The maximum Gasteiger partial charge on any atom is 0.329 e. The molecular formula is C14H19ClN4O4S. The van der Waals surface area contributed by atoms with Gasteiger partial charge in [0.15, 0.2) is 6.10 Å². The molecule has 0 aliphatic carbocycles. The van der Waals surface area contributed by atoms with Gasteiger partial charge in [-0.05, 0) is 37.5 Å².